The Labute approximate surface area is 53.6 Å². The summed E-state index contributed by atoms with van der Waals surface area (Å²) in [5, 5.41) is 8.78. The van der Waals surface area contributed by atoms with Crippen LogP contribution in [0.3, 0.4) is 0 Å². The van der Waals surface area contributed by atoms with E-state index in [0.29, 0.717) is 6.54 Å². The van der Waals surface area contributed by atoms with E-state index >= 15 is 0 Å². The molecule has 1 atom stereocenters. The summed E-state index contributed by atoms with van der Waals surface area (Å²) in [6.45, 7) is 0.850. The van der Waals surface area contributed by atoms with Crippen LogP contribution in [0.15, 0.2) is 0 Å². The summed E-state index contributed by atoms with van der Waals surface area (Å²) in [7, 11) is 0. The Hall–Kier alpha value is 0.230. The minimum atomic E-state index is 0.186. The predicted octanol–water partition coefficient (Wildman–Crippen LogP) is -0.826. The highest BCUT2D eigenvalue weighted by Gasteiger charge is 2.00. The lowest BCUT2D eigenvalue weighted by Crippen LogP contribution is -2.32. The molecule has 4 N–H and O–H groups in total. The van der Waals surface area contributed by atoms with Crippen molar-refractivity contribution < 1.29 is 5.11 Å². The molecule has 0 fully saturated rings. The van der Waals surface area contributed by atoms with Gasteiger partial charge in [-0.2, -0.15) is 11.8 Å². The molecule has 0 aromatic heterocycles. The van der Waals surface area contributed by atoms with Gasteiger partial charge in [0.25, 0.3) is 0 Å². The molecule has 0 aromatic rings. The normalized spacial score (nSPS) is 13.9. The molecule has 0 aromatic carbocycles. The number of thioether (sulfide) groups is 1. The first-order valence-corrected chi connectivity index (χ1v) is 3.71. The van der Waals surface area contributed by atoms with Crippen LogP contribution in [0.4, 0.5) is 0 Å². The highest BCUT2D eigenvalue weighted by Crippen LogP contribution is 2.01. The molecule has 0 radical (unpaired) electrons. The maximum absolute atomic E-state index is 8.54. The summed E-state index contributed by atoms with van der Waals surface area (Å²) in [5.74, 6) is 5.01. The van der Waals surface area contributed by atoms with E-state index in [-0.39, 0.29) is 11.9 Å². The smallest absolute Gasteiger partial charge is 0.0562 e. The molecule has 0 spiro atoms. The van der Waals surface area contributed by atoms with E-state index in [2.05, 4.69) is 5.43 Å². The molecule has 0 aliphatic rings. The lowest BCUT2D eigenvalue weighted by Gasteiger charge is -2.07. The number of aliphatic hydroxyl groups is 1. The molecule has 0 saturated heterocycles. The van der Waals surface area contributed by atoms with Crippen molar-refractivity contribution in [3.8, 4) is 0 Å². The molecule has 3 nitrogen and oxygen atoms in total. The molecule has 50 valence electrons. The molecule has 1 unspecified atom stereocenters. The molecule has 4 heteroatoms. The zero-order chi connectivity index (χ0) is 6.41. The largest absolute Gasteiger partial charge is 0.395 e. The van der Waals surface area contributed by atoms with Crippen molar-refractivity contribution in [1.82, 2.24) is 5.43 Å². The second-order valence-electron chi connectivity index (χ2n) is 1.45. The van der Waals surface area contributed by atoms with E-state index in [9.17, 15) is 0 Å². The Morgan fingerprint density at radius 1 is 1.88 bits per heavy atom. The number of aliphatic hydroxyl groups excluding tert-OH is 1. The van der Waals surface area contributed by atoms with Crippen LogP contribution in [0.25, 0.3) is 0 Å². The Morgan fingerprint density at radius 2 is 2.50 bits per heavy atom. The van der Waals surface area contributed by atoms with Gasteiger partial charge in [0, 0.05) is 11.8 Å². The number of nitrogens with one attached hydrogen (secondary N) is 1. The highest BCUT2D eigenvalue weighted by molar-refractivity contribution is 7.99. The summed E-state index contributed by atoms with van der Waals surface area (Å²) >= 11 is 1.60. The van der Waals surface area contributed by atoms with Gasteiger partial charge in [-0.15, -0.1) is 0 Å². The first-order valence-electron chi connectivity index (χ1n) is 2.42. The van der Waals surface area contributed by atoms with Gasteiger partial charge >= 0.3 is 0 Å². The number of hydrogen-bond acceptors (Lipinski definition) is 4. The van der Waals surface area contributed by atoms with Crippen LogP contribution in [-0.4, -0.2) is 29.8 Å². The van der Waals surface area contributed by atoms with E-state index in [0.717, 1.165) is 0 Å². The summed E-state index contributed by atoms with van der Waals surface area (Å²) in [6.07, 6.45) is 1.94. The lowest BCUT2D eigenvalue weighted by molar-refractivity contribution is 0.292. The van der Waals surface area contributed by atoms with Crippen LogP contribution in [0, 0.1) is 0 Å². The lowest BCUT2D eigenvalue weighted by atomic mass is 10.4. The summed E-state index contributed by atoms with van der Waals surface area (Å²) in [4.78, 5) is 0. The van der Waals surface area contributed by atoms with Crippen molar-refractivity contribution in [3.05, 3.63) is 0 Å². The second kappa shape index (κ2) is 5.37. The molecular weight excluding hydrogens is 124 g/mol. The second-order valence-corrected chi connectivity index (χ2v) is 2.59. The van der Waals surface area contributed by atoms with Crippen LogP contribution in [-0.2, 0) is 0 Å². The zero-order valence-corrected chi connectivity index (χ0v) is 5.74. The van der Waals surface area contributed by atoms with E-state index in [4.69, 9.17) is 10.9 Å². The van der Waals surface area contributed by atoms with Crippen LogP contribution in [0.5, 0.6) is 0 Å². The minimum Gasteiger partial charge on any atom is -0.395 e. The Bertz CT molecular complexity index is 49.3. The number of hydrogen-bond donors (Lipinski definition) is 3. The summed E-state index contributed by atoms with van der Waals surface area (Å²) < 4.78 is 0. The average Bonchev–Trinajstić information content (AvgIpc) is 1.83. The van der Waals surface area contributed by atoms with Crippen LogP contribution in [0.2, 0.25) is 0 Å². The van der Waals surface area contributed by atoms with Crippen LogP contribution in [0.1, 0.15) is 0 Å². The number of hydrazine groups is 1. The van der Waals surface area contributed by atoms with Crippen molar-refractivity contribution in [1.29, 1.82) is 0 Å². The monoisotopic (exact) mass is 136 g/mol. The molecule has 0 saturated carbocycles. The van der Waals surface area contributed by atoms with E-state index in [1.807, 2.05) is 6.26 Å². The van der Waals surface area contributed by atoms with Gasteiger partial charge in [-0.1, -0.05) is 0 Å². The Kier molecular flexibility index (Phi) is 5.52. The van der Waals surface area contributed by atoms with Gasteiger partial charge in [0.2, 0.25) is 0 Å². The van der Waals surface area contributed by atoms with Gasteiger partial charge in [0.15, 0.2) is 0 Å². The average molecular weight is 136 g/mol. The first-order chi connectivity index (χ1) is 3.85. The fourth-order valence-corrected chi connectivity index (χ4v) is 0.766. The molecule has 0 heterocycles. The summed E-state index contributed by atoms with van der Waals surface area (Å²) in [6, 6.07) is 0. The standard InChI is InChI=1S/C4H12N2OS/c1-8-4(3-7)2-6-5/h4,6-7H,2-3,5H2,1H3. The third kappa shape index (κ3) is 3.26. The third-order valence-electron chi connectivity index (χ3n) is 0.882. The molecule has 0 rings (SSSR count). The van der Waals surface area contributed by atoms with Crippen molar-refractivity contribution in [2.24, 2.45) is 5.84 Å². The third-order valence-corrected chi connectivity index (χ3v) is 1.86. The van der Waals surface area contributed by atoms with Crippen molar-refractivity contribution in [3.63, 3.8) is 0 Å². The van der Waals surface area contributed by atoms with E-state index < -0.39 is 0 Å². The van der Waals surface area contributed by atoms with Gasteiger partial charge < -0.3 is 5.11 Å². The maximum Gasteiger partial charge on any atom is 0.0562 e. The van der Waals surface area contributed by atoms with Crippen molar-refractivity contribution >= 4 is 11.8 Å². The molecule has 0 bridgehead atoms. The van der Waals surface area contributed by atoms with Gasteiger partial charge in [0.05, 0.1) is 6.61 Å². The molecule has 0 amide bonds. The molecular formula is C4H12N2OS. The zero-order valence-electron chi connectivity index (χ0n) is 4.92. The number of nitrogens with two attached hydrogens (primary N) is 1. The first kappa shape index (κ1) is 8.23. The predicted molar refractivity (Wildman–Crippen MR) is 36.6 cm³/mol. The van der Waals surface area contributed by atoms with Crippen LogP contribution >= 0.6 is 11.8 Å². The minimum absolute atomic E-state index is 0.186. The van der Waals surface area contributed by atoms with Crippen molar-refractivity contribution in [2.45, 2.75) is 5.25 Å². The maximum atomic E-state index is 8.54. The topological polar surface area (TPSA) is 58.3 Å². The van der Waals surface area contributed by atoms with Gasteiger partial charge in [0.1, 0.15) is 0 Å². The summed E-state index contributed by atoms with van der Waals surface area (Å²) in [5.41, 5.74) is 2.49. The van der Waals surface area contributed by atoms with Gasteiger partial charge in [-0.25, -0.2) is 0 Å². The SMILES string of the molecule is CSC(CO)CNN. The Morgan fingerprint density at radius 3 is 2.62 bits per heavy atom. The highest BCUT2D eigenvalue weighted by atomic mass is 32.2. The molecule has 0 aliphatic carbocycles. The fraction of sp³-hybridized carbons (Fsp3) is 1.00. The molecule has 0 aliphatic heterocycles. The van der Waals surface area contributed by atoms with E-state index in [1.165, 1.54) is 0 Å². The quantitative estimate of drug-likeness (QED) is 0.349. The number of rotatable bonds is 4. The fourth-order valence-electron chi connectivity index (χ4n) is 0.354. The van der Waals surface area contributed by atoms with Gasteiger partial charge in [-0.3, -0.25) is 11.3 Å². The molecule has 8 heavy (non-hydrogen) atoms. The Balaban J connectivity index is 3.07. The van der Waals surface area contributed by atoms with Crippen molar-refractivity contribution in [2.75, 3.05) is 19.4 Å². The van der Waals surface area contributed by atoms with Crippen LogP contribution < -0.4 is 11.3 Å². The van der Waals surface area contributed by atoms with Gasteiger partial charge in [-0.05, 0) is 6.26 Å². The van der Waals surface area contributed by atoms with E-state index in [1.54, 1.807) is 11.8 Å².